The van der Waals surface area contributed by atoms with Crippen LogP contribution in [0.15, 0.2) is 0 Å². The molecule has 1 amide bonds. The van der Waals surface area contributed by atoms with E-state index in [1.807, 2.05) is 14.0 Å². The Bertz CT molecular complexity index is 220. The molecule has 0 spiro atoms. The third kappa shape index (κ3) is 3.47. The first-order valence-corrected chi connectivity index (χ1v) is 5.78. The third-order valence-corrected chi connectivity index (χ3v) is 3.29. The number of carbonyl (C=O) groups is 1. The quantitative estimate of drug-likeness (QED) is 0.732. The molecule has 1 heterocycles. The van der Waals surface area contributed by atoms with E-state index in [0.29, 0.717) is 18.6 Å². The molecule has 0 aromatic heterocycles. The zero-order valence-corrected chi connectivity index (χ0v) is 10.1. The van der Waals surface area contributed by atoms with Crippen molar-refractivity contribution in [3.05, 3.63) is 0 Å². The second-order valence-electron chi connectivity index (χ2n) is 4.51. The van der Waals surface area contributed by atoms with Crippen molar-refractivity contribution >= 4 is 5.91 Å². The van der Waals surface area contributed by atoms with E-state index in [1.54, 1.807) is 4.90 Å². The number of nitrogens with zero attached hydrogens (tertiary/aromatic N) is 2. The monoisotopic (exact) mass is 213 g/mol. The highest BCUT2D eigenvalue weighted by Gasteiger charge is 2.25. The van der Waals surface area contributed by atoms with Crippen LogP contribution in [0.4, 0.5) is 0 Å². The first-order valence-electron chi connectivity index (χ1n) is 5.78. The Morgan fingerprint density at radius 3 is 2.80 bits per heavy atom. The maximum atomic E-state index is 11.7. The SMILES string of the molecule is CCN(C)C(=O)CN1CCC(N)CC1C. The molecule has 0 aliphatic carbocycles. The molecule has 2 atom stereocenters. The summed E-state index contributed by atoms with van der Waals surface area (Å²) in [6, 6.07) is 0.748. The fraction of sp³-hybridized carbons (Fsp3) is 0.909. The smallest absolute Gasteiger partial charge is 0.236 e. The summed E-state index contributed by atoms with van der Waals surface area (Å²) in [4.78, 5) is 15.7. The van der Waals surface area contributed by atoms with Gasteiger partial charge in [-0.1, -0.05) is 0 Å². The molecule has 0 aromatic carbocycles. The Labute approximate surface area is 92.4 Å². The molecule has 1 aliphatic heterocycles. The average molecular weight is 213 g/mol. The second-order valence-corrected chi connectivity index (χ2v) is 4.51. The zero-order valence-electron chi connectivity index (χ0n) is 10.1. The van der Waals surface area contributed by atoms with Crippen LogP contribution in [-0.4, -0.2) is 54.5 Å². The molecule has 0 radical (unpaired) electrons. The molecule has 1 fully saturated rings. The minimum Gasteiger partial charge on any atom is -0.345 e. The standard InChI is InChI=1S/C11H23N3O/c1-4-13(3)11(15)8-14-6-5-10(12)7-9(14)2/h9-10H,4-8,12H2,1-3H3. The van der Waals surface area contributed by atoms with Crippen molar-refractivity contribution in [2.45, 2.75) is 38.8 Å². The Morgan fingerprint density at radius 1 is 1.60 bits per heavy atom. The minimum atomic E-state index is 0.208. The number of rotatable bonds is 3. The first-order chi connectivity index (χ1) is 7.04. The van der Waals surface area contributed by atoms with Crippen LogP contribution in [0.25, 0.3) is 0 Å². The topological polar surface area (TPSA) is 49.6 Å². The van der Waals surface area contributed by atoms with Crippen LogP contribution in [0.3, 0.4) is 0 Å². The molecular weight excluding hydrogens is 190 g/mol. The van der Waals surface area contributed by atoms with E-state index < -0.39 is 0 Å². The number of amides is 1. The fourth-order valence-electron chi connectivity index (χ4n) is 1.96. The number of nitrogens with two attached hydrogens (primary N) is 1. The predicted octanol–water partition coefficient (Wildman–Crippen LogP) is 0.276. The van der Waals surface area contributed by atoms with Crippen LogP contribution >= 0.6 is 0 Å². The van der Waals surface area contributed by atoms with Gasteiger partial charge in [0.1, 0.15) is 0 Å². The number of carbonyl (C=O) groups excluding carboxylic acids is 1. The fourth-order valence-corrected chi connectivity index (χ4v) is 1.96. The molecule has 4 nitrogen and oxygen atoms in total. The number of likely N-dealkylation sites (tertiary alicyclic amines) is 1. The number of likely N-dealkylation sites (N-methyl/N-ethyl adjacent to an activating group) is 1. The Balaban J connectivity index is 2.41. The van der Waals surface area contributed by atoms with Crippen molar-refractivity contribution < 1.29 is 4.79 Å². The van der Waals surface area contributed by atoms with Crippen LogP contribution in [0.2, 0.25) is 0 Å². The highest BCUT2D eigenvalue weighted by molar-refractivity contribution is 5.77. The molecule has 4 heteroatoms. The van der Waals surface area contributed by atoms with Crippen molar-refractivity contribution in [2.24, 2.45) is 5.73 Å². The van der Waals surface area contributed by atoms with E-state index in [4.69, 9.17) is 5.73 Å². The third-order valence-electron chi connectivity index (χ3n) is 3.29. The van der Waals surface area contributed by atoms with Gasteiger partial charge in [0.15, 0.2) is 0 Å². The Hall–Kier alpha value is -0.610. The molecule has 15 heavy (non-hydrogen) atoms. The van der Waals surface area contributed by atoms with Gasteiger partial charge < -0.3 is 10.6 Å². The Kier molecular flexibility index (Phi) is 4.54. The van der Waals surface area contributed by atoms with Gasteiger partial charge in [0, 0.05) is 32.2 Å². The highest BCUT2D eigenvalue weighted by Crippen LogP contribution is 2.15. The summed E-state index contributed by atoms with van der Waals surface area (Å²) in [5.41, 5.74) is 5.88. The van der Waals surface area contributed by atoms with Gasteiger partial charge in [0.05, 0.1) is 6.54 Å². The van der Waals surface area contributed by atoms with Crippen molar-refractivity contribution in [1.82, 2.24) is 9.80 Å². The number of piperidine rings is 1. The van der Waals surface area contributed by atoms with Gasteiger partial charge in [-0.25, -0.2) is 0 Å². The van der Waals surface area contributed by atoms with Gasteiger partial charge in [-0.2, -0.15) is 0 Å². The molecule has 2 unspecified atom stereocenters. The van der Waals surface area contributed by atoms with Crippen LogP contribution in [0.1, 0.15) is 26.7 Å². The van der Waals surface area contributed by atoms with Crippen LogP contribution in [0.5, 0.6) is 0 Å². The lowest BCUT2D eigenvalue weighted by Gasteiger charge is -2.36. The zero-order chi connectivity index (χ0) is 11.4. The summed E-state index contributed by atoms with van der Waals surface area (Å²) in [7, 11) is 1.85. The van der Waals surface area contributed by atoms with Gasteiger partial charge in [-0.05, 0) is 26.7 Å². The summed E-state index contributed by atoms with van der Waals surface area (Å²) >= 11 is 0. The number of hydrogen-bond donors (Lipinski definition) is 1. The van der Waals surface area contributed by atoms with E-state index in [1.165, 1.54) is 0 Å². The van der Waals surface area contributed by atoms with E-state index >= 15 is 0 Å². The molecule has 2 N–H and O–H groups in total. The lowest BCUT2D eigenvalue weighted by Crippen LogP contribution is -2.49. The van der Waals surface area contributed by atoms with E-state index in [-0.39, 0.29) is 5.91 Å². The lowest BCUT2D eigenvalue weighted by atomic mass is 9.99. The van der Waals surface area contributed by atoms with Crippen molar-refractivity contribution in [2.75, 3.05) is 26.7 Å². The maximum absolute atomic E-state index is 11.7. The van der Waals surface area contributed by atoms with Gasteiger partial charge in [-0.15, -0.1) is 0 Å². The van der Waals surface area contributed by atoms with Gasteiger partial charge in [-0.3, -0.25) is 9.69 Å². The lowest BCUT2D eigenvalue weighted by molar-refractivity contribution is -0.131. The van der Waals surface area contributed by atoms with Gasteiger partial charge >= 0.3 is 0 Å². The van der Waals surface area contributed by atoms with Crippen molar-refractivity contribution in [1.29, 1.82) is 0 Å². The molecule has 1 saturated heterocycles. The molecule has 88 valence electrons. The molecule has 1 rings (SSSR count). The normalized spacial score (nSPS) is 27.7. The maximum Gasteiger partial charge on any atom is 0.236 e. The van der Waals surface area contributed by atoms with E-state index in [9.17, 15) is 4.79 Å². The van der Waals surface area contributed by atoms with Crippen LogP contribution < -0.4 is 5.73 Å². The molecule has 0 saturated carbocycles. The molecule has 0 aromatic rings. The average Bonchev–Trinajstić information content (AvgIpc) is 2.20. The molecule has 0 bridgehead atoms. The number of hydrogen-bond acceptors (Lipinski definition) is 3. The van der Waals surface area contributed by atoms with Crippen LogP contribution in [0, 0.1) is 0 Å². The summed E-state index contributed by atoms with van der Waals surface area (Å²) in [6.07, 6.45) is 2.01. The minimum absolute atomic E-state index is 0.208. The van der Waals surface area contributed by atoms with Crippen molar-refractivity contribution in [3.63, 3.8) is 0 Å². The largest absolute Gasteiger partial charge is 0.345 e. The van der Waals surface area contributed by atoms with Crippen LogP contribution in [-0.2, 0) is 4.79 Å². The molecular formula is C11H23N3O. The summed E-state index contributed by atoms with van der Waals surface area (Å²) < 4.78 is 0. The van der Waals surface area contributed by atoms with E-state index in [2.05, 4.69) is 11.8 Å². The van der Waals surface area contributed by atoms with E-state index in [0.717, 1.165) is 25.9 Å². The first kappa shape index (κ1) is 12.5. The Morgan fingerprint density at radius 2 is 2.27 bits per heavy atom. The second kappa shape index (κ2) is 5.47. The van der Waals surface area contributed by atoms with Crippen molar-refractivity contribution in [3.8, 4) is 0 Å². The molecule has 1 aliphatic rings. The van der Waals surface area contributed by atoms with Gasteiger partial charge in [0.2, 0.25) is 5.91 Å². The summed E-state index contributed by atoms with van der Waals surface area (Å²) in [5, 5.41) is 0. The predicted molar refractivity (Wildman–Crippen MR) is 61.6 cm³/mol. The summed E-state index contributed by atoms with van der Waals surface area (Å²) in [5.74, 6) is 0.208. The summed E-state index contributed by atoms with van der Waals surface area (Å²) in [6.45, 7) is 6.41. The van der Waals surface area contributed by atoms with Gasteiger partial charge in [0.25, 0.3) is 0 Å². The highest BCUT2D eigenvalue weighted by atomic mass is 16.2.